The van der Waals surface area contributed by atoms with Crippen LogP contribution in [-0.2, 0) is 6.54 Å². The molecule has 1 aliphatic carbocycles. The molecule has 0 unspecified atom stereocenters. The molecule has 1 fully saturated rings. The lowest BCUT2D eigenvalue weighted by molar-refractivity contribution is 0.116. The largest absolute Gasteiger partial charge is 0.393 e. The lowest BCUT2D eigenvalue weighted by Gasteiger charge is -2.26. The normalized spacial score (nSPS) is 24.2. The molecule has 1 saturated carbocycles. The molecule has 0 saturated heterocycles. The smallest absolute Gasteiger partial charge is 0.0995 e. The van der Waals surface area contributed by atoms with Gasteiger partial charge < -0.3 is 10.4 Å². The maximum absolute atomic E-state index is 9.42. The van der Waals surface area contributed by atoms with Gasteiger partial charge in [-0.3, -0.25) is 0 Å². The minimum atomic E-state index is -0.112. The summed E-state index contributed by atoms with van der Waals surface area (Å²) in [7, 11) is 0. The molecule has 0 aromatic heterocycles. The molecule has 90 valence electrons. The van der Waals surface area contributed by atoms with Gasteiger partial charge in [-0.25, -0.2) is 0 Å². The molecule has 2 rings (SSSR count). The van der Waals surface area contributed by atoms with Crippen molar-refractivity contribution in [1.82, 2.24) is 5.32 Å². The van der Waals surface area contributed by atoms with Crippen molar-refractivity contribution < 1.29 is 5.11 Å². The van der Waals surface area contributed by atoms with Crippen LogP contribution in [0, 0.1) is 11.3 Å². The molecule has 0 bridgehead atoms. The van der Waals surface area contributed by atoms with Crippen LogP contribution < -0.4 is 5.32 Å². The maximum atomic E-state index is 9.42. The van der Waals surface area contributed by atoms with E-state index in [0.717, 1.165) is 43.4 Å². The van der Waals surface area contributed by atoms with Gasteiger partial charge in [0.05, 0.1) is 17.7 Å². The lowest BCUT2D eigenvalue weighted by atomic mass is 9.93. The monoisotopic (exact) mass is 230 g/mol. The van der Waals surface area contributed by atoms with E-state index in [9.17, 15) is 5.11 Å². The molecular formula is C14H18N2O. The first-order valence-corrected chi connectivity index (χ1v) is 6.19. The summed E-state index contributed by atoms with van der Waals surface area (Å²) < 4.78 is 0. The molecular weight excluding hydrogens is 212 g/mol. The van der Waals surface area contributed by atoms with Gasteiger partial charge in [0.2, 0.25) is 0 Å². The van der Waals surface area contributed by atoms with E-state index < -0.39 is 0 Å². The van der Waals surface area contributed by atoms with Gasteiger partial charge in [-0.2, -0.15) is 5.26 Å². The maximum Gasteiger partial charge on any atom is 0.0995 e. The highest BCUT2D eigenvalue weighted by Gasteiger charge is 2.18. The van der Waals surface area contributed by atoms with E-state index in [1.165, 1.54) is 0 Å². The van der Waals surface area contributed by atoms with Gasteiger partial charge in [0.1, 0.15) is 0 Å². The van der Waals surface area contributed by atoms with Gasteiger partial charge in [-0.1, -0.05) is 18.2 Å². The van der Waals surface area contributed by atoms with Crippen LogP contribution in [0.25, 0.3) is 0 Å². The van der Waals surface area contributed by atoms with Crippen LogP contribution in [0.15, 0.2) is 24.3 Å². The molecule has 0 amide bonds. The van der Waals surface area contributed by atoms with Crippen LogP contribution in [0.4, 0.5) is 0 Å². The molecule has 0 heterocycles. The SMILES string of the molecule is N#Cc1ccccc1CNC1CCC(O)CC1. The zero-order valence-corrected chi connectivity index (χ0v) is 9.89. The third kappa shape index (κ3) is 3.29. The van der Waals surface area contributed by atoms with Crippen molar-refractivity contribution in [1.29, 1.82) is 5.26 Å². The van der Waals surface area contributed by atoms with E-state index in [1.54, 1.807) is 0 Å². The first-order chi connectivity index (χ1) is 8.29. The summed E-state index contributed by atoms with van der Waals surface area (Å²) >= 11 is 0. The number of rotatable bonds is 3. The summed E-state index contributed by atoms with van der Waals surface area (Å²) in [4.78, 5) is 0. The summed E-state index contributed by atoms with van der Waals surface area (Å²) in [5.74, 6) is 0. The molecule has 0 aliphatic heterocycles. The van der Waals surface area contributed by atoms with Crippen molar-refractivity contribution in [2.24, 2.45) is 0 Å². The van der Waals surface area contributed by atoms with Crippen molar-refractivity contribution in [3.8, 4) is 6.07 Å². The van der Waals surface area contributed by atoms with Crippen molar-refractivity contribution >= 4 is 0 Å². The molecule has 2 N–H and O–H groups in total. The third-order valence-corrected chi connectivity index (χ3v) is 3.42. The average Bonchev–Trinajstić information content (AvgIpc) is 2.38. The van der Waals surface area contributed by atoms with Crippen LogP contribution in [0.5, 0.6) is 0 Å². The molecule has 0 spiro atoms. The highest BCUT2D eigenvalue weighted by atomic mass is 16.3. The van der Waals surface area contributed by atoms with E-state index >= 15 is 0 Å². The zero-order valence-electron chi connectivity index (χ0n) is 9.89. The van der Waals surface area contributed by atoms with E-state index in [2.05, 4.69) is 11.4 Å². The van der Waals surface area contributed by atoms with Crippen LogP contribution in [0.3, 0.4) is 0 Å². The van der Waals surface area contributed by atoms with Gasteiger partial charge >= 0.3 is 0 Å². The van der Waals surface area contributed by atoms with Gasteiger partial charge in [-0.05, 0) is 37.3 Å². The van der Waals surface area contributed by atoms with Gasteiger partial charge in [0.25, 0.3) is 0 Å². The Kier molecular flexibility index (Phi) is 4.13. The van der Waals surface area contributed by atoms with Crippen LogP contribution in [0.2, 0.25) is 0 Å². The molecule has 17 heavy (non-hydrogen) atoms. The Morgan fingerprint density at radius 3 is 2.65 bits per heavy atom. The highest BCUT2D eigenvalue weighted by Crippen LogP contribution is 2.19. The Labute approximate surface area is 102 Å². The fraction of sp³-hybridized carbons (Fsp3) is 0.500. The molecule has 1 aromatic carbocycles. The van der Waals surface area contributed by atoms with Gasteiger partial charge in [-0.15, -0.1) is 0 Å². The Morgan fingerprint density at radius 1 is 1.24 bits per heavy atom. The van der Waals surface area contributed by atoms with E-state index in [1.807, 2.05) is 24.3 Å². The van der Waals surface area contributed by atoms with Crippen molar-refractivity contribution in [3.05, 3.63) is 35.4 Å². The Morgan fingerprint density at radius 2 is 1.94 bits per heavy atom. The topological polar surface area (TPSA) is 56.0 Å². The number of hydrogen-bond donors (Lipinski definition) is 2. The minimum Gasteiger partial charge on any atom is -0.393 e. The lowest BCUT2D eigenvalue weighted by Crippen LogP contribution is -2.34. The predicted octanol–water partition coefficient (Wildman–Crippen LogP) is 1.95. The number of aliphatic hydroxyl groups is 1. The van der Waals surface area contributed by atoms with Crippen LogP contribution in [0.1, 0.15) is 36.8 Å². The summed E-state index contributed by atoms with van der Waals surface area (Å²) in [5, 5.41) is 21.9. The summed E-state index contributed by atoms with van der Waals surface area (Å²) in [6, 6.07) is 10.4. The number of aliphatic hydroxyl groups excluding tert-OH is 1. The van der Waals surface area contributed by atoms with Gasteiger partial charge in [0.15, 0.2) is 0 Å². The van der Waals surface area contributed by atoms with E-state index in [-0.39, 0.29) is 6.10 Å². The van der Waals surface area contributed by atoms with Crippen molar-refractivity contribution in [2.45, 2.75) is 44.4 Å². The predicted molar refractivity (Wildman–Crippen MR) is 66.3 cm³/mol. The molecule has 1 aromatic rings. The minimum absolute atomic E-state index is 0.112. The van der Waals surface area contributed by atoms with E-state index in [4.69, 9.17) is 5.26 Å². The molecule has 0 atom stereocenters. The van der Waals surface area contributed by atoms with Crippen LogP contribution in [-0.4, -0.2) is 17.3 Å². The first-order valence-electron chi connectivity index (χ1n) is 6.19. The number of nitrogens with zero attached hydrogens (tertiary/aromatic N) is 1. The summed E-state index contributed by atoms with van der Waals surface area (Å²) in [6.45, 7) is 0.741. The fourth-order valence-corrected chi connectivity index (χ4v) is 2.32. The summed E-state index contributed by atoms with van der Waals surface area (Å²) in [5.41, 5.74) is 1.80. The van der Waals surface area contributed by atoms with Crippen molar-refractivity contribution in [2.75, 3.05) is 0 Å². The van der Waals surface area contributed by atoms with E-state index in [0.29, 0.717) is 6.04 Å². The Bertz CT molecular complexity index is 403. The first kappa shape index (κ1) is 12.1. The molecule has 3 nitrogen and oxygen atoms in total. The summed E-state index contributed by atoms with van der Waals surface area (Å²) in [6.07, 6.45) is 3.71. The standard InChI is InChI=1S/C14H18N2O/c15-9-11-3-1-2-4-12(11)10-16-13-5-7-14(17)8-6-13/h1-4,13-14,16-17H,5-8,10H2. The second-order valence-electron chi connectivity index (χ2n) is 4.66. The quantitative estimate of drug-likeness (QED) is 0.834. The number of benzene rings is 1. The van der Waals surface area contributed by atoms with Crippen LogP contribution >= 0.6 is 0 Å². The Balaban J connectivity index is 1.88. The zero-order chi connectivity index (χ0) is 12.1. The molecule has 0 radical (unpaired) electrons. The second kappa shape index (κ2) is 5.81. The third-order valence-electron chi connectivity index (χ3n) is 3.42. The number of nitriles is 1. The second-order valence-corrected chi connectivity index (χ2v) is 4.66. The fourth-order valence-electron chi connectivity index (χ4n) is 2.32. The highest BCUT2D eigenvalue weighted by molar-refractivity contribution is 5.37. The molecule has 1 aliphatic rings. The Hall–Kier alpha value is -1.37. The number of hydrogen-bond acceptors (Lipinski definition) is 3. The molecule has 3 heteroatoms. The van der Waals surface area contributed by atoms with Gasteiger partial charge in [0, 0.05) is 12.6 Å². The average molecular weight is 230 g/mol. The van der Waals surface area contributed by atoms with Crippen molar-refractivity contribution in [3.63, 3.8) is 0 Å². The number of nitrogens with one attached hydrogen (secondary N) is 1.